The Hall–Kier alpha value is -4.19. The van der Waals surface area contributed by atoms with Crippen molar-refractivity contribution in [3.8, 4) is 17.0 Å². The van der Waals surface area contributed by atoms with Gasteiger partial charge in [0.15, 0.2) is 11.4 Å². The number of ketones is 1. The van der Waals surface area contributed by atoms with Crippen LogP contribution in [0.25, 0.3) is 11.3 Å². The number of hydrogen-bond donors (Lipinski definition) is 2. The molecule has 0 atom stereocenters. The molecule has 0 radical (unpaired) electrons. The molecule has 6 heteroatoms. The molecular weight excluding hydrogens is 428 g/mol. The van der Waals surface area contributed by atoms with E-state index in [1.165, 1.54) is 5.56 Å². The largest absolute Gasteiger partial charge is 0.504 e. The minimum absolute atomic E-state index is 0.0570. The van der Waals surface area contributed by atoms with E-state index in [4.69, 9.17) is 5.11 Å². The standard InChI is InChI=1S/C21H22N2O2.C7H6O2/c1-21(2,3)16-12-10-14(11-13-16)18-20(25)17(22-23(18)4)19(24)15-8-6-5-7-9-15;8-7(9)6-4-2-1-3-5-6/h5-13,25H,1-4H3;1-5H,(H,8,9). The summed E-state index contributed by atoms with van der Waals surface area (Å²) in [7, 11) is 1.73. The molecule has 1 aromatic heterocycles. The Kier molecular flexibility index (Phi) is 7.31. The first kappa shape index (κ1) is 24.5. The van der Waals surface area contributed by atoms with Gasteiger partial charge in [0, 0.05) is 18.2 Å². The molecule has 2 N–H and O–H groups in total. The van der Waals surface area contributed by atoms with E-state index in [1.54, 1.807) is 66.3 Å². The number of benzene rings is 3. The third kappa shape index (κ3) is 5.59. The van der Waals surface area contributed by atoms with E-state index >= 15 is 0 Å². The average Bonchev–Trinajstić information content (AvgIpc) is 3.13. The minimum Gasteiger partial charge on any atom is -0.504 e. The lowest BCUT2D eigenvalue weighted by molar-refractivity contribution is 0.0696. The molecule has 4 aromatic rings. The van der Waals surface area contributed by atoms with Crippen molar-refractivity contribution in [2.45, 2.75) is 26.2 Å². The molecule has 34 heavy (non-hydrogen) atoms. The number of carbonyl (C=O) groups excluding carboxylic acids is 1. The predicted molar refractivity (Wildman–Crippen MR) is 132 cm³/mol. The van der Waals surface area contributed by atoms with Crippen LogP contribution in [0.15, 0.2) is 84.9 Å². The monoisotopic (exact) mass is 456 g/mol. The Morgan fingerprint density at radius 3 is 1.74 bits per heavy atom. The van der Waals surface area contributed by atoms with E-state index in [2.05, 4.69) is 25.9 Å². The fourth-order valence-electron chi connectivity index (χ4n) is 3.42. The third-order valence-electron chi connectivity index (χ3n) is 5.32. The number of carbonyl (C=O) groups is 2. The molecule has 0 bridgehead atoms. The van der Waals surface area contributed by atoms with Crippen LogP contribution in [0, 0.1) is 0 Å². The normalized spacial score (nSPS) is 10.8. The zero-order chi connectivity index (χ0) is 24.9. The van der Waals surface area contributed by atoms with Crippen molar-refractivity contribution in [2.24, 2.45) is 7.05 Å². The maximum absolute atomic E-state index is 12.6. The highest BCUT2D eigenvalue weighted by Crippen LogP contribution is 2.34. The summed E-state index contributed by atoms with van der Waals surface area (Å²) < 4.78 is 1.55. The fourth-order valence-corrected chi connectivity index (χ4v) is 3.42. The van der Waals surface area contributed by atoms with Crippen LogP contribution in [0.2, 0.25) is 0 Å². The second-order valence-electron chi connectivity index (χ2n) is 8.86. The Balaban J connectivity index is 0.000000302. The molecule has 0 saturated heterocycles. The van der Waals surface area contributed by atoms with E-state index in [1.807, 2.05) is 30.3 Å². The highest BCUT2D eigenvalue weighted by molar-refractivity contribution is 6.10. The summed E-state index contributed by atoms with van der Waals surface area (Å²) in [6.07, 6.45) is 0. The van der Waals surface area contributed by atoms with E-state index in [0.29, 0.717) is 16.8 Å². The molecule has 4 rings (SSSR count). The molecule has 0 aliphatic heterocycles. The van der Waals surface area contributed by atoms with Gasteiger partial charge in [-0.05, 0) is 23.1 Å². The summed E-state index contributed by atoms with van der Waals surface area (Å²) in [6, 6.07) is 25.1. The molecule has 174 valence electrons. The Morgan fingerprint density at radius 2 is 1.29 bits per heavy atom. The SMILES string of the molecule is Cn1nc(C(=O)c2ccccc2)c(O)c1-c1ccc(C(C)(C)C)cc1.O=C(O)c1ccccc1. The second-order valence-corrected chi connectivity index (χ2v) is 8.86. The van der Waals surface area contributed by atoms with Gasteiger partial charge >= 0.3 is 5.97 Å². The van der Waals surface area contributed by atoms with E-state index < -0.39 is 5.97 Å². The van der Waals surface area contributed by atoms with Gasteiger partial charge in [0.1, 0.15) is 5.69 Å². The highest BCUT2D eigenvalue weighted by atomic mass is 16.4. The lowest BCUT2D eigenvalue weighted by Gasteiger charge is -2.19. The number of carboxylic acids is 1. The van der Waals surface area contributed by atoms with Crippen LogP contribution in [-0.2, 0) is 12.5 Å². The predicted octanol–water partition coefficient (Wildman–Crippen LogP) is 5.71. The van der Waals surface area contributed by atoms with Crippen LogP contribution in [0.1, 0.15) is 52.7 Å². The van der Waals surface area contributed by atoms with Crippen molar-refractivity contribution in [1.82, 2.24) is 9.78 Å². The summed E-state index contributed by atoms with van der Waals surface area (Å²) in [5.74, 6) is -1.25. The van der Waals surface area contributed by atoms with Crippen LogP contribution >= 0.6 is 0 Å². The number of aromatic carboxylic acids is 1. The molecule has 1 heterocycles. The quantitative estimate of drug-likeness (QED) is 0.384. The summed E-state index contributed by atoms with van der Waals surface area (Å²) in [5, 5.41) is 23.3. The Bertz CT molecular complexity index is 1270. The summed E-state index contributed by atoms with van der Waals surface area (Å²) >= 11 is 0. The maximum atomic E-state index is 12.6. The van der Waals surface area contributed by atoms with Gasteiger partial charge < -0.3 is 10.2 Å². The first-order valence-electron chi connectivity index (χ1n) is 10.8. The summed E-state index contributed by atoms with van der Waals surface area (Å²) in [6.45, 7) is 6.46. The van der Waals surface area contributed by atoms with Gasteiger partial charge in [-0.1, -0.05) is 93.6 Å². The third-order valence-corrected chi connectivity index (χ3v) is 5.32. The van der Waals surface area contributed by atoms with E-state index in [0.717, 1.165) is 5.56 Å². The molecule has 0 aliphatic rings. The zero-order valence-corrected chi connectivity index (χ0v) is 19.7. The van der Waals surface area contributed by atoms with Crippen LogP contribution in [0.3, 0.4) is 0 Å². The molecule has 0 fully saturated rings. The molecule has 6 nitrogen and oxygen atoms in total. The van der Waals surface area contributed by atoms with E-state index in [9.17, 15) is 14.7 Å². The molecular formula is C28H28N2O4. The van der Waals surface area contributed by atoms with Crippen molar-refractivity contribution in [3.63, 3.8) is 0 Å². The van der Waals surface area contributed by atoms with Gasteiger partial charge in [-0.2, -0.15) is 5.10 Å². The lowest BCUT2D eigenvalue weighted by Crippen LogP contribution is -2.10. The Labute approximate surface area is 199 Å². The average molecular weight is 457 g/mol. The Morgan fingerprint density at radius 1 is 0.794 bits per heavy atom. The zero-order valence-electron chi connectivity index (χ0n) is 19.7. The van der Waals surface area contributed by atoms with Crippen molar-refractivity contribution >= 4 is 11.8 Å². The number of carboxylic acid groups (broad SMARTS) is 1. The molecule has 0 saturated carbocycles. The van der Waals surface area contributed by atoms with Gasteiger partial charge in [0.25, 0.3) is 0 Å². The first-order valence-corrected chi connectivity index (χ1v) is 10.8. The maximum Gasteiger partial charge on any atom is 0.335 e. The summed E-state index contributed by atoms with van der Waals surface area (Å²) in [5.41, 5.74) is 3.54. The molecule has 0 spiro atoms. The number of nitrogens with zero attached hydrogens (tertiary/aromatic N) is 2. The van der Waals surface area contributed by atoms with E-state index in [-0.39, 0.29) is 22.6 Å². The number of aromatic hydroxyl groups is 1. The molecule has 0 aliphatic carbocycles. The van der Waals surface area contributed by atoms with Crippen LogP contribution in [0.5, 0.6) is 5.75 Å². The highest BCUT2D eigenvalue weighted by Gasteiger charge is 2.23. The second kappa shape index (κ2) is 10.2. The fraction of sp³-hybridized carbons (Fsp3) is 0.179. The lowest BCUT2D eigenvalue weighted by atomic mass is 9.86. The number of aromatic nitrogens is 2. The van der Waals surface area contributed by atoms with Gasteiger partial charge in [-0.15, -0.1) is 0 Å². The van der Waals surface area contributed by atoms with Crippen molar-refractivity contribution in [2.75, 3.05) is 0 Å². The number of hydrogen-bond acceptors (Lipinski definition) is 4. The molecule has 0 unspecified atom stereocenters. The van der Waals surface area contributed by atoms with Crippen molar-refractivity contribution in [3.05, 3.63) is 107 Å². The topological polar surface area (TPSA) is 92.4 Å². The smallest absolute Gasteiger partial charge is 0.335 e. The van der Waals surface area contributed by atoms with Crippen molar-refractivity contribution < 1.29 is 19.8 Å². The van der Waals surface area contributed by atoms with Crippen LogP contribution < -0.4 is 0 Å². The number of aryl methyl sites for hydroxylation is 1. The molecule has 0 amide bonds. The van der Waals surface area contributed by atoms with Gasteiger partial charge in [0.05, 0.1) is 5.56 Å². The van der Waals surface area contributed by atoms with Crippen molar-refractivity contribution in [1.29, 1.82) is 0 Å². The minimum atomic E-state index is -0.879. The van der Waals surface area contributed by atoms with Gasteiger partial charge in [-0.25, -0.2) is 4.79 Å². The van der Waals surface area contributed by atoms with Gasteiger partial charge in [-0.3, -0.25) is 9.48 Å². The summed E-state index contributed by atoms with van der Waals surface area (Å²) in [4.78, 5) is 22.8. The van der Waals surface area contributed by atoms with Crippen LogP contribution in [0.4, 0.5) is 0 Å². The first-order chi connectivity index (χ1) is 16.1. The van der Waals surface area contributed by atoms with Gasteiger partial charge in [0.2, 0.25) is 5.78 Å². The molecule has 3 aromatic carbocycles. The number of rotatable bonds is 4. The van der Waals surface area contributed by atoms with Crippen LogP contribution in [-0.4, -0.2) is 31.7 Å².